The molecule has 0 aliphatic carbocycles. The fraction of sp³-hybridized carbons (Fsp3) is 0.333. The molecular weight excluding hydrogens is 312 g/mol. The van der Waals surface area contributed by atoms with Crippen molar-refractivity contribution >= 4 is 10.9 Å². The number of likely N-dealkylation sites (tertiary alicyclic amines) is 1. The summed E-state index contributed by atoms with van der Waals surface area (Å²) in [6, 6.07) is 18.3. The average molecular weight is 336 g/mol. The summed E-state index contributed by atoms with van der Waals surface area (Å²) in [6.45, 7) is 2.85. The van der Waals surface area contributed by atoms with Crippen molar-refractivity contribution in [3.63, 3.8) is 0 Å². The third-order valence-electron chi connectivity index (χ3n) is 4.91. The first-order valence-corrected chi connectivity index (χ1v) is 8.89. The van der Waals surface area contributed by atoms with E-state index in [1.54, 1.807) is 0 Å². The molecule has 25 heavy (non-hydrogen) atoms. The number of nitrogens with zero attached hydrogens (tertiary/aromatic N) is 1. The van der Waals surface area contributed by atoms with Gasteiger partial charge >= 0.3 is 0 Å². The Kier molecular flexibility index (Phi) is 4.47. The minimum atomic E-state index is -0.785. The van der Waals surface area contributed by atoms with E-state index in [9.17, 15) is 5.11 Å². The third-order valence-corrected chi connectivity index (χ3v) is 4.91. The summed E-state index contributed by atoms with van der Waals surface area (Å²) in [5, 5.41) is 12.2. The van der Waals surface area contributed by atoms with Crippen molar-refractivity contribution in [1.29, 1.82) is 0 Å². The van der Waals surface area contributed by atoms with E-state index >= 15 is 0 Å². The van der Waals surface area contributed by atoms with Gasteiger partial charge in [0.15, 0.2) is 0 Å². The highest BCUT2D eigenvalue weighted by molar-refractivity contribution is 5.79. The number of nitrogens with one attached hydrogen (secondary N) is 1. The maximum Gasteiger partial charge on any atom is 0.119 e. The lowest BCUT2D eigenvalue weighted by Crippen LogP contribution is -2.51. The van der Waals surface area contributed by atoms with Crippen LogP contribution in [0.4, 0.5) is 0 Å². The molecule has 0 bridgehead atoms. The molecule has 4 heteroatoms. The number of fused-ring (bicyclic) bond motifs is 1. The van der Waals surface area contributed by atoms with Crippen molar-refractivity contribution in [1.82, 2.24) is 9.88 Å². The van der Waals surface area contributed by atoms with Crippen LogP contribution in [0.2, 0.25) is 0 Å². The van der Waals surface area contributed by atoms with Gasteiger partial charge in [0, 0.05) is 24.8 Å². The lowest BCUT2D eigenvalue weighted by Gasteiger charge is -2.39. The Hall–Kier alpha value is -2.30. The molecule has 2 heterocycles. The minimum absolute atomic E-state index is 0.338. The lowest BCUT2D eigenvalue weighted by atomic mass is 9.93. The molecule has 1 aliphatic heterocycles. The Morgan fingerprint density at radius 1 is 1.12 bits per heavy atom. The van der Waals surface area contributed by atoms with Crippen molar-refractivity contribution in [2.75, 3.05) is 19.7 Å². The number of aliphatic hydroxyl groups is 1. The fourth-order valence-electron chi connectivity index (χ4n) is 3.65. The molecule has 3 aromatic rings. The summed E-state index contributed by atoms with van der Waals surface area (Å²) in [4.78, 5) is 5.55. The lowest BCUT2D eigenvalue weighted by molar-refractivity contribution is -0.0621. The summed E-state index contributed by atoms with van der Waals surface area (Å²) < 4.78 is 5.81. The molecule has 2 N–H and O–H groups in total. The van der Waals surface area contributed by atoms with Gasteiger partial charge in [0.25, 0.3) is 0 Å². The van der Waals surface area contributed by atoms with Gasteiger partial charge in [-0.3, -0.25) is 4.90 Å². The van der Waals surface area contributed by atoms with Crippen LogP contribution in [0.1, 0.15) is 18.4 Å². The molecule has 0 radical (unpaired) electrons. The normalized spacial score (nSPS) is 21.5. The summed E-state index contributed by atoms with van der Waals surface area (Å²) in [6.07, 6.45) is 3.74. The summed E-state index contributed by atoms with van der Waals surface area (Å²) in [5.41, 5.74) is 1.65. The highest BCUT2D eigenvalue weighted by Gasteiger charge is 2.34. The first-order valence-electron chi connectivity index (χ1n) is 8.89. The SMILES string of the molecule is OC1(COc2ccccc2)CCCN(Cc2ccc3[nH]ccc3c2)C1. The van der Waals surface area contributed by atoms with E-state index in [0.717, 1.165) is 37.2 Å². The second-order valence-electron chi connectivity index (χ2n) is 7.04. The van der Waals surface area contributed by atoms with Gasteiger partial charge in [-0.05, 0) is 60.7 Å². The Morgan fingerprint density at radius 3 is 2.88 bits per heavy atom. The third kappa shape index (κ3) is 3.86. The fourth-order valence-corrected chi connectivity index (χ4v) is 3.65. The highest BCUT2D eigenvalue weighted by atomic mass is 16.5. The molecule has 1 fully saturated rings. The predicted molar refractivity (Wildman–Crippen MR) is 99.7 cm³/mol. The smallest absolute Gasteiger partial charge is 0.119 e. The average Bonchev–Trinajstić information content (AvgIpc) is 3.09. The Bertz CT molecular complexity index is 830. The van der Waals surface area contributed by atoms with E-state index in [2.05, 4.69) is 34.1 Å². The van der Waals surface area contributed by atoms with Crippen LogP contribution >= 0.6 is 0 Å². The van der Waals surface area contributed by atoms with E-state index in [-0.39, 0.29) is 0 Å². The number of hydrogen-bond acceptors (Lipinski definition) is 3. The maximum atomic E-state index is 10.9. The molecule has 0 saturated carbocycles. The Morgan fingerprint density at radius 2 is 2.00 bits per heavy atom. The van der Waals surface area contributed by atoms with E-state index in [1.165, 1.54) is 10.9 Å². The molecular formula is C21H24N2O2. The molecule has 1 atom stereocenters. The molecule has 1 unspecified atom stereocenters. The number of H-pyrrole nitrogens is 1. The van der Waals surface area contributed by atoms with Gasteiger partial charge in [0.05, 0.1) is 0 Å². The molecule has 4 rings (SSSR count). The van der Waals surface area contributed by atoms with Gasteiger partial charge in [-0.25, -0.2) is 0 Å². The zero-order chi connectivity index (χ0) is 17.1. The number of benzene rings is 2. The zero-order valence-electron chi connectivity index (χ0n) is 14.3. The molecule has 1 aliphatic rings. The first kappa shape index (κ1) is 16.2. The van der Waals surface area contributed by atoms with Gasteiger partial charge in [-0.2, -0.15) is 0 Å². The van der Waals surface area contributed by atoms with E-state index < -0.39 is 5.60 Å². The molecule has 2 aromatic carbocycles. The molecule has 4 nitrogen and oxygen atoms in total. The van der Waals surface area contributed by atoms with Crippen molar-refractivity contribution in [2.45, 2.75) is 25.0 Å². The van der Waals surface area contributed by atoms with E-state index in [4.69, 9.17) is 4.74 Å². The van der Waals surface area contributed by atoms with Crippen LogP contribution in [0, 0.1) is 0 Å². The molecule has 0 spiro atoms. The second-order valence-corrected chi connectivity index (χ2v) is 7.04. The van der Waals surface area contributed by atoms with Gasteiger partial charge < -0.3 is 14.8 Å². The van der Waals surface area contributed by atoms with Crippen LogP contribution in [-0.2, 0) is 6.54 Å². The standard InChI is InChI=1S/C21H24N2O2/c24-21(16-25-19-5-2-1-3-6-19)10-4-12-23(15-21)14-17-7-8-20-18(13-17)9-11-22-20/h1-3,5-9,11,13,22,24H,4,10,12,14-16H2. The topological polar surface area (TPSA) is 48.5 Å². The molecule has 1 saturated heterocycles. The zero-order valence-corrected chi connectivity index (χ0v) is 14.3. The number of para-hydroxylation sites is 1. The summed E-state index contributed by atoms with van der Waals surface area (Å²) in [5.74, 6) is 0.811. The minimum Gasteiger partial charge on any atom is -0.491 e. The van der Waals surface area contributed by atoms with E-state index in [0.29, 0.717) is 13.2 Å². The second kappa shape index (κ2) is 6.90. The van der Waals surface area contributed by atoms with Gasteiger partial charge in [0.2, 0.25) is 0 Å². The Balaban J connectivity index is 1.39. The number of β-amino-alcohol motifs (C(OH)–C–C–N with tert-alkyl or cyclic N) is 1. The summed E-state index contributed by atoms with van der Waals surface area (Å²) in [7, 11) is 0. The highest BCUT2D eigenvalue weighted by Crippen LogP contribution is 2.25. The number of aromatic amines is 1. The van der Waals surface area contributed by atoms with Gasteiger partial charge in [-0.15, -0.1) is 0 Å². The van der Waals surface area contributed by atoms with Crippen LogP contribution in [0.15, 0.2) is 60.8 Å². The first-order chi connectivity index (χ1) is 12.2. The van der Waals surface area contributed by atoms with Crippen LogP contribution in [0.25, 0.3) is 10.9 Å². The van der Waals surface area contributed by atoms with Crippen molar-refractivity contribution < 1.29 is 9.84 Å². The van der Waals surface area contributed by atoms with Crippen molar-refractivity contribution in [2.24, 2.45) is 0 Å². The van der Waals surface area contributed by atoms with Crippen molar-refractivity contribution in [3.8, 4) is 5.75 Å². The largest absolute Gasteiger partial charge is 0.491 e. The number of hydrogen-bond donors (Lipinski definition) is 2. The van der Waals surface area contributed by atoms with Crippen LogP contribution in [0.5, 0.6) is 5.75 Å². The van der Waals surface area contributed by atoms with Crippen molar-refractivity contribution in [3.05, 3.63) is 66.4 Å². The van der Waals surface area contributed by atoms with Crippen LogP contribution in [-0.4, -0.2) is 40.3 Å². The quantitative estimate of drug-likeness (QED) is 0.749. The Labute approximate surface area is 148 Å². The van der Waals surface area contributed by atoms with Gasteiger partial charge in [-0.1, -0.05) is 24.3 Å². The predicted octanol–water partition coefficient (Wildman–Crippen LogP) is 3.57. The molecule has 0 amide bonds. The maximum absolute atomic E-state index is 10.9. The monoisotopic (exact) mass is 336 g/mol. The number of piperidine rings is 1. The van der Waals surface area contributed by atoms with E-state index in [1.807, 2.05) is 36.5 Å². The van der Waals surface area contributed by atoms with Crippen LogP contribution < -0.4 is 4.74 Å². The van der Waals surface area contributed by atoms with Crippen LogP contribution in [0.3, 0.4) is 0 Å². The number of rotatable bonds is 5. The number of ether oxygens (including phenoxy) is 1. The molecule has 130 valence electrons. The summed E-state index contributed by atoms with van der Waals surface area (Å²) >= 11 is 0. The molecule has 1 aromatic heterocycles. The number of aromatic nitrogens is 1. The van der Waals surface area contributed by atoms with Gasteiger partial charge in [0.1, 0.15) is 18.0 Å².